The second-order valence-corrected chi connectivity index (χ2v) is 7.67. The standard InChI is InChI=1S/C24H29NO4/c1-4-17-5-7-18(8-6-17)20(26)10-12-23(27)25-24(16(2)3)19-9-11-21-22(15-19)29-14-13-28-21/h5-9,11,15-16,24H,4,10,12-14H2,1-3H3,(H,25,27). The molecule has 0 radical (unpaired) electrons. The molecule has 0 spiro atoms. The Hall–Kier alpha value is -2.82. The summed E-state index contributed by atoms with van der Waals surface area (Å²) in [7, 11) is 0. The normalized spacial score (nSPS) is 13.8. The van der Waals surface area contributed by atoms with Gasteiger partial charge in [0.2, 0.25) is 5.91 Å². The highest BCUT2D eigenvalue weighted by atomic mass is 16.6. The zero-order chi connectivity index (χ0) is 20.8. The lowest BCUT2D eigenvalue weighted by atomic mass is 9.95. The number of aryl methyl sites for hydroxylation is 1. The number of hydrogen-bond donors (Lipinski definition) is 1. The summed E-state index contributed by atoms with van der Waals surface area (Å²) in [6.07, 6.45) is 1.30. The summed E-state index contributed by atoms with van der Waals surface area (Å²) in [4.78, 5) is 24.9. The Labute approximate surface area is 172 Å². The molecule has 0 aliphatic carbocycles. The Morgan fingerprint density at radius 3 is 2.31 bits per heavy atom. The molecule has 1 aliphatic heterocycles. The highest BCUT2D eigenvalue weighted by molar-refractivity contribution is 5.98. The van der Waals surface area contributed by atoms with Crippen molar-refractivity contribution in [3.05, 3.63) is 59.2 Å². The number of amides is 1. The van der Waals surface area contributed by atoms with Gasteiger partial charge in [-0.1, -0.05) is 51.1 Å². The SMILES string of the molecule is CCc1ccc(C(=O)CCC(=O)NC(c2ccc3c(c2)OCCO3)C(C)C)cc1. The lowest BCUT2D eigenvalue weighted by Gasteiger charge is -2.25. The molecule has 0 fully saturated rings. The molecule has 154 valence electrons. The van der Waals surface area contributed by atoms with Crippen LogP contribution in [0.15, 0.2) is 42.5 Å². The summed E-state index contributed by atoms with van der Waals surface area (Å²) in [6, 6.07) is 13.2. The number of ether oxygens (including phenoxy) is 2. The maximum Gasteiger partial charge on any atom is 0.220 e. The number of ketones is 1. The van der Waals surface area contributed by atoms with E-state index >= 15 is 0 Å². The van der Waals surface area contributed by atoms with Crippen molar-refractivity contribution in [2.75, 3.05) is 13.2 Å². The van der Waals surface area contributed by atoms with Crippen LogP contribution in [0.1, 0.15) is 61.1 Å². The van der Waals surface area contributed by atoms with E-state index in [0.717, 1.165) is 17.7 Å². The van der Waals surface area contributed by atoms with E-state index in [1.165, 1.54) is 5.56 Å². The molecule has 2 aromatic rings. The van der Waals surface area contributed by atoms with Gasteiger partial charge in [-0.15, -0.1) is 0 Å². The van der Waals surface area contributed by atoms with Crippen molar-refractivity contribution in [2.24, 2.45) is 5.92 Å². The molecule has 0 saturated carbocycles. The number of nitrogens with one attached hydrogen (secondary N) is 1. The fraction of sp³-hybridized carbons (Fsp3) is 0.417. The molecule has 5 heteroatoms. The van der Waals surface area contributed by atoms with Gasteiger partial charge in [0.1, 0.15) is 13.2 Å². The minimum Gasteiger partial charge on any atom is -0.486 e. The van der Waals surface area contributed by atoms with E-state index in [1.54, 1.807) is 0 Å². The van der Waals surface area contributed by atoms with Gasteiger partial charge in [-0.3, -0.25) is 9.59 Å². The van der Waals surface area contributed by atoms with Crippen LogP contribution in [-0.2, 0) is 11.2 Å². The lowest BCUT2D eigenvalue weighted by Crippen LogP contribution is -2.32. The predicted molar refractivity (Wildman–Crippen MR) is 113 cm³/mol. The number of carbonyl (C=O) groups is 2. The topological polar surface area (TPSA) is 64.6 Å². The van der Waals surface area contributed by atoms with Crippen molar-refractivity contribution in [1.29, 1.82) is 0 Å². The zero-order valence-electron chi connectivity index (χ0n) is 17.4. The molecule has 29 heavy (non-hydrogen) atoms. The summed E-state index contributed by atoms with van der Waals surface area (Å²) in [6.45, 7) is 7.26. The number of hydrogen-bond acceptors (Lipinski definition) is 4. The predicted octanol–water partition coefficient (Wildman–Crippen LogP) is 4.50. The number of fused-ring (bicyclic) bond motifs is 1. The van der Waals surface area contributed by atoms with Crippen molar-refractivity contribution in [1.82, 2.24) is 5.32 Å². The van der Waals surface area contributed by atoms with Crippen LogP contribution in [0, 0.1) is 5.92 Å². The fourth-order valence-electron chi connectivity index (χ4n) is 3.43. The van der Waals surface area contributed by atoms with E-state index in [2.05, 4.69) is 26.1 Å². The molecule has 1 heterocycles. The summed E-state index contributed by atoms with van der Waals surface area (Å²) in [5.41, 5.74) is 2.82. The summed E-state index contributed by atoms with van der Waals surface area (Å²) in [5, 5.41) is 3.08. The van der Waals surface area contributed by atoms with Crippen LogP contribution in [0.25, 0.3) is 0 Å². The highest BCUT2D eigenvalue weighted by Gasteiger charge is 2.22. The van der Waals surface area contributed by atoms with Crippen molar-refractivity contribution in [3.63, 3.8) is 0 Å². The van der Waals surface area contributed by atoms with Crippen molar-refractivity contribution in [3.8, 4) is 11.5 Å². The van der Waals surface area contributed by atoms with E-state index in [9.17, 15) is 9.59 Å². The average molecular weight is 395 g/mol. The smallest absolute Gasteiger partial charge is 0.220 e. The van der Waals surface area contributed by atoms with Crippen LogP contribution in [0.3, 0.4) is 0 Å². The van der Waals surface area contributed by atoms with Gasteiger partial charge in [0.05, 0.1) is 6.04 Å². The van der Waals surface area contributed by atoms with Crippen LogP contribution in [0.4, 0.5) is 0 Å². The first-order valence-electron chi connectivity index (χ1n) is 10.3. The molecule has 2 aromatic carbocycles. The van der Waals surface area contributed by atoms with Crippen LogP contribution < -0.4 is 14.8 Å². The van der Waals surface area contributed by atoms with Gasteiger partial charge in [-0.05, 0) is 35.6 Å². The minimum atomic E-state index is -0.155. The number of carbonyl (C=O) groups excluding carboxylic acids is 2. The number of rotatable bonds is 8. The van der Waals surface area contributed by atoms with Gasteiger partial charge in [-0.25, -0.2) is 0 Å². The summed E-state index contributed by atoms with van der Waals surface area (Å²) >= 11 is 0. The minimum absolute atomic E-state index is 0.0109. The van der Waals surface area contributed by atoms with E-state index < -0.39 is 0 Å². The maximum atomic E-state index is 12.5. The lowest BCUT2D eigenvalue weighted by molar-refractivity contribution is -0.122. The van der Waals surface area contributed by atoms with Crippen LogP contribution in [0.2, 0.25) is 0 Å². The third kappa shape index (κ3) is 5.37. The molecule has 1 N–H and O–H groups in total. The average Bonchev–Trinajstić information content (AvgIpc) is 2.75. The number of benzene rings is 2. The Morgan fingerprint density at radius 2 is 1.66 bits per heavy atom. The third-order valence-electron chi connectivity index (χ3n) is 5.17. The first-order chi connectivity index (χ1) is 14.0. The summed E-state index contributed by atoms with van der Waals surface area (Å²) in [5.74, 6) is 1.49. The quantitative estimate of drug-likeness (QED) is 0.669. The molecule has 1 atom stereocenters. The Balaban J connectivity index is 1.60. The van der Waals surface area contributed by atoms with Gasteiger partial charge in [0.15, 0.2) is 17.3 Å². The second kappa shape index (κ2) is 9.59. The maximum absolute atomic E-state index is 12.5. The molecule has 1 aliphatic rings. The van der Waals surface area contributed by atoms with Crippen molar-refractivity contribution < 1.29 is 19.1 Å². The first kappa shape index (κ1) is 20.9. The molecule has 0 aromatic heterocycles. The third-order valence-corrected chi connectivity index (χ3v) is 5.17. The molecule has 5 nitrogen and oxygen atoms in total. The molecule has 1 unspecified atom stereocenters. The Bertz CT molecular complexity index is 858. The molecule has 0 saturated heterocycles. The summed E-state index contributed by atoms with van der Waals surface area (Å²) < 4.78 is 11.2. The highest BCUT2D eigenvalue weighted by Crippen LogP contribution is 2.34. The molecule has 0 bridgehead atoms. The molecular weight excluding hydrogens is 366 g/mol. The van der Waals surface area contributed by atoms with Gasteiger partial charge in [0.25, 0.3) is 0 Å². The van der Waals surface area contributed by atoms with Gasteiger partial charge < -0.3 is 14.8 Å². The van der Waals surface area contributed by atoms with Gasteiger partial charge in [0, 0.05) is 18.4 Å². The van der Waals surface area contributed by atoms with E-state index in [4.69, 9.17) is 9.47 Å². The van der Waals surface area contributed by atoms with Gasteiger partial charge in [-0.2, -0.15) is 0 Å². The monoisotopic (exact) mass is 395 g/mol. The van der Waals surface area contributed by atoms with Crippen molar-refractivity contribution >= 4 is 11.7 Å². The Morgan fingerprint density at radius 1 is 0.966 bits per heavy atom. The van der Waals surface area contributed by atoms with E-state index in [1.807, 2.05) is 42.5 Å². The van der Waals surface area contributed by atoms with E-state index in [0.29, 0.717) is 24.5 Å². The second-order valence-electron chi connectivity index (χ2n) is 7.67. The molecule has 3 rings (SSSR count). The van der Waals surface area contributed by atoms with Crippen LogP contribution in [-0.4, -0.2) is 24.9 Å². The van der Waals surface area contributed by atoms with Crippen LogP contribution in [0.5, 0.6) is 11.5 Å². The fourth-order valence-corrected chi connectivity index (χ4v) is 3.43. The van der Waals surface area contributed by atoms with Gasteiger partial charge >= 0.3 is 0 Å². The first-order valence-corrected chi connectivity index (χ1v) is 10.3. The largest absolute Gasteiger partial charge is 0.486 e. The van der Waals surface area contributed by atoms with Crippen LogP contribution >= 0.6 is 0 Å². The van der Waals surface area contributed by atoms with E-state index in [-0.39, 0.29) is 36.5 Å². The van der Waals surface area contributed by atoms with Crippen molar-refractivity contribution in [2.45, 2.75) is 46.1 Å². The molecular formula is C24H29NO4. The Kier molecular flexibility index (Phi) is 6.91. The number of Topliss-reactive ketones (excluding diaryl/α,β-unsaturated/α-hetero) is 1. The zero-order valence-corrected chi connectivity index (χ0v) is 17.4. The molecule has 1 amide bonds.